The van der Waals surface area contributed by atoms with Gasteiger partial charge in [-0.1, -0.05) is 18.2 Å². The summed E-state index contributed by atoms with van der Waals surface area (Å²) in [5.74, 6) is 0.755. The summed E-state index contributed by atoms with van der Waals surface area (Å²) in [7, 11) is 1.63. The molecule has 88 valence electrons. The number of aryl methyl sites for hydroxylation is 1. The van der Waals surface area contributed by atoms with Crippen LogP contribution in [0.15, 0.2) is 40.9 Å². The van der Waals surface area contributed by atoms with Crippen LogP contribution in [0, 0.1) is 6.92 Å². The van der Waals surface area contributed by atoms with Gasteiger partial charge in [-0.2, -0.15) is 0 Å². The van der Waals surface area contributed by atoms with Gasteiger partial charge in [0, 0.05) is 18.8 Å². The number of hydrogen-bond donors (Lipinski definition) is 0. The third-order valence-electron chi connectivity index (χ3n) is 2.22. The molecular weight excluding hydrogens is 220 g/mol. The van der Waals surface area contributed by atoms with Crippen LogP contribution in [0.3, 0.4) is 0 Å². The van der Waals surface area contributed by atoms with Crippen molar-refractivity contribution in [1.82, 2.24) is 5.16 Å². The molecule has 1 amide bonds. The van der Waals surface area contributed by atoms with Crippen molar-refractivity contribution in [1.29, 1.82) is 0 Å². The van der Waals surface area contributed by atoms with Crippen molar-refractivity contribution in [2.45, 2.75) is 6.92 Å². The van der Waals surface area contributed by atoms with Crippen LogP contribution >= 0.6 is 0 Å². The monoisotopic (exact) mass is 232 g/mol. The van der Waals surface area contributed by atoms with Gasteiger partial charge in [-0.25, -0.2) is 4.79 Å². The number of amides is 1. The molecule has 0 fully saturated rings. The van der Waals surface area contributed by atoms with Crippen LogP contribution in [-0.2, 0) is 0 Å². The second kappa shape index (κ2) is 4.69. The molecule has 0 atom stereocenters. The minimum atomic E-state index is -0.510. The highest BCUT2D eigenvalue weighted by Crippen LogP contribution is 2.15. The molecule has 5 heteroatoms. The molecule has 0 radical (unpaired) electrons. The maximum Gasteiger partial charge on any atom is 0.420 e. The van der Waals surface area contributed by atoms with Crippen molar-refractivity contribution in [3.05, 3.63) is 42.2 Å². The summed E-state index contributed by atoms with van der Waals surface area (Å²) >= 11 is 0. The molecule has 17 heavy (non-hydrogen) atoms. The van der Waals surface area contributed by atoms with Crippen molar-refractivity contribution in [3.8, 4) is 5.88 Å². The lowest BCUT2D eigenvalue weighted by Crippen LogP contribution is -2.29. The van der Waals surface area contributed by atoms with Crippen LogP contribution in [0.2, 0.25) is 0 Å². The van der Waals surface area contributed by atoms with Crippen molar-refractivity contribution >= 4 is 11.8 Å². The van der Waals surface area contributed by atoms with Crippen LogP contribution in [0.25, 0.3) is 0 Å². The second-order valence-corrected chi connectivity index (χ2v) is 3.54. The lowest BCUT2D eigenvalue weighted by Gasteiger charge is -2.15. The van der Waals surface area contributed by atoms with E-state index in [1.54, 1.807) is 20.0 Å². The lowest BCUT2D eigenvalue weighted by atomic mass is 10.3. The number of aromatic nitrogens is 1. The molecule has 0 unspecified atom stereocenters. The fraction of sp³-hybridized carbons (Fsp3) is 0.167. The van der Waals surface area contributed by atoms with E-state index in [0.717, 1.165) is 5.69 Å². The van der Waals surface area contributed by atoms with E-state index in [4.69, 9.17) is 9.26 Å². The minimum absolute atomic E-state index is 0.162. The number of ether oxygens (including phenoxy) is 1. The van der Waals surface area contributed by atoms with E-state index in [1.807, 2.05) is 30.3 Å². The predicted octanol–water partition coefficient (Wildman–Crippen LogP) is 2.62. The van der Waals surface area contributed by atoms with Gasteiger partial charge in [0.1, 0.15) is 5.76 Å². The van der Waals surface area contributed by atoms with Gasteiger partial charge in [0.25, 0.3) is 5.88 Å². The van der Waals surface area contributed by atoms with Crippen LogP contribution in [0.4, 0.5) is 10.5 Å². The summed E-state index contributed by atoms with van der Waals surface area (Å²) in [6, 6.07) is 10.8. The van der Waals surface area contributed by atoms with Gasteiger partial charge in [0.05, 0.1) is 0 Å². The number of carbonyl (C=O) groups is 1. The third kappa shape index (κ3) is 2.63. The maximum absolute atomic E-state index is 11.7. The number of anilines is 1. The van der Waals surface area contributed by atoms with Gasteiger partial charge < -0.3 is 9.26 Å². The topological polar surface area (TPSA) is 55.6 Å². The Morgan fingerprint density at radius 3 is 2.65 bits per heavy atom. The predicted molar refractivity (Wildman–Crippen MR) is 62.1 cm³/mol. The molecule has 1 aromatic carbocycles. The smallest absolute Gasteiger partial charge is 0.387 e. The molecule has 0 aliphatic rings. The summed E-state index contributed by atoms with van der Waals surface area (Å²) in [4.78, 5) is 13.1. The van der Waals surface area contributed by atoms with Crippen LogP contribution < -0.4 is 9.64 Å². The quantitative estimate of drug-likeness (QED) is 0.798. The van der Waals surface area contributed by atoms with Gasteiger partial charge in [0.2, 0.25) is 0 Å². The van der Waals surface area contributed by atoms with E-state index < -0.39 is 6.09 Å². The third-order valence-corrected chi connectivity index (χ3v) is 2.22. The van der Waals surface area contributed by atoms with Crippen molar-refractivity contribution < 1.29 is 14.1 Å². The molecular formula is C12H12N2O3. The number of rotatable bonds is 2. The Morgan fingerprint density at radius 1 is 1.35 bits per heavy atom. The fourth-order valence-electron chi connectivity index (χ4n) is 1.31. The van der Waals surface area contributed by atoms with Crippen LogP contribution in [0.5, 0.6) is 5.88 Å². The van der Waals surface area contributed by atoms with Gasteiger partial charge in [-0.05, 0) is 24.2 Å². The molecule has 1 heterocycles. The largest absolute Gasteiger partial charge is 0.420 e. The Balaban J connectivity index is 2.06. The highest BCUT2D eigenvalue weighted by atomic mass is 16.6. The SMILES string of the molecule is Cc1cc(OC(=O)N(C)c2ccccc2)no1. The summed E-state index contributed by atoms with van der Waals surface area (Å²) in [5, 5.41) is 3.59. The van der Waals surface area contributed by atoms with E-state index >= 15 is 0 Å². The van der Waals surface area contributed by atoms with Crippen LogP contribution in [0.1, 0.15) is 5.76 Å². The average Bonchev–Trinajstić information content (AvgIpc) is 2.75. The molecule has 1 aromatic heterocycles. The first-order valence-corrected chi connectivity index (χ1v) is 5.11. The molecule has 0 spiro atoms. The van der Waals surface area contributed by atoms with Gasteiger partial charge in [0.15, 0.2) is 0 Å². The maximum atomic E-state index is 11.7. The van der Waals surface area contributed by atoms with Crippen LogP contribution in [-0.4, -0.2) is 18.3 Å². The molecule has 0 aliphatic carbocycles. The first kappa shape index (κ1) is 11.2. The van der Waals surface area contributed by atoms with E-state index in [0.29, 0.717) is 5.76 Å². The Labute approximate surface area is 98.6 Å². The Morgan fingerprint density at radius 2 is 2.06 bits per heavy atom. The summed E-state index contributed by atoms with van der Waals surface area (Å²) in [6.07, 6.45) is -0.510. The van der Waals surface area contributed by atoms with Crippen molar-refractivity contribution in [2.24, 2.45) is 0 Å². The second-order valence-electron chi connectivity index (χ2n) is 3.54. The first-order valence-electron chi connectivity index (χ1n) is 5.11. The first-order chi connectivity index (χ1) is 8.16. The fourth-order valence-corrected chi connectivity index (χ4v) is 1.31. The highest BCUT2D eigenvalue weighted by Gasteiger charge is 2.14. The molecule has 5 nitrogen and oxygen atoms in total. The molecule has 0 saturated heterocycles. The highest BCUT2D eigenvalue weighted by molar-refractivity contribution is 5.88. The molecule has 0 bridgehead atoms. The van der Waals surface area contributed by atoms with E-state index in [2.05, 4.69) is 5.16 Å². The summed E-state index contributed by atoms with van der Waals surface area (Å²) in [5.41, 5.74) is 0.748. The van der Waals surface area contributed by atoms with Crippen molar-refractivity contribution in [2.75, 3.05) is 11.9 Å². The molecule has 2 aromatic rings. The van der Waals surface area contributed by atoms with E-state index in [1.165, 1.54) is 4.90 Å². The summed E-state index contributed by atoms with van der Waals surface area (Å²) < 4.78 is 9.84. The van der Waals surface area contributed by atoms with Gasteiger partial charge in [-0.3, -0.25) is 4.90 Å². The zero-order chi connectivity index (χ0) is 12.3. The van der Waals surface area contributed by atoms with Crippen molar-refractivity contribution in [3.63, 3.8) is 0 Å². The van der Waals surface area contributed by atoms with E-state index in [-0.39, 0.29) is 5.88 Å². The zero-order valence-electron chi connectivity index (χ0n) is 9.58. The molecule has 2 rings (SSSR count). The molecule has 0 saturated carbocycles. The number of nitrogens with zero attached hydrogens (tertiary/aromatic N) is 2. The normalized spacial score (nSPS) is 10.0. The number of carbonyl (C=O) groups excluding carboxylic acids is 1. The average molecular weight is 232 g/mol. The van der Waals surface area contributed by atoms with E-state index in [9.17, 15) is 4.79 Å². The number of hydrogen-bond acceptors (Lipinski definition) is 4. The molecule has 0 N–H and O–H groups in total. The lowest BCUT2D eigenvalue weighted by molar-refractivity contribution is 0.204. The van der Waals surface area contributed by atoms with Gasteiger partial charge in [-0.15, -0.1) is 0 Å². The molecule has 0 aliphatic heterocycles. The number of para-hydroxylation sites is 1. The Hall–Kier alpha value is -2.30. The Bertz CT molecular complexity index is 507. The summed E-state index contributed by atoms with van der Waals surface area (Å²) in [6.45, 7) is 1.73. The zero-order valence-corrected chi connectivity index (χ0v) is 9.58. The Kier molecular flexibility index (Phi) is 3.09. The van der Waals surface area contributed by atoms with Gasteiger partial charge >= 0.3 is 6.09 Å². The standard InChI is InChI=1S/C12H12N2O3/c1-9-8-11(13-17-9)16-12(15)14(2)10-6-4-3-5-7-10/h3-8H,1-2H3. The minimum Gasteiger partial charge on any atom is -0.387 e. The number of benzene rings is 1.